The largest absolute Gasteiger partial charge is 0.487 e. The number of benzene rings is 1. The monoisotopic (exact) mass is 267 g/mol. The van der Waals surface area contributed by atoms with Gasteiger partial charge in [0.2, 0.25) is 0 Å². The first-order chi connectivity index (χ1) is 9.78. The molecule has 0 amide bonds. The number of aryl methyl sites for hydroxylation is 1. The highest BCUT2D eigenvalue weighted by molar-refractivity contribution is 5.29. The zero-order valence-electron chi connectivity index (χ0n) is 11.1. The van der Waals surface area contributed by atoms with Crippen LogP contribution in [-0.2, 0) is 19.6 Å². The maximum absolute atomic E-state index is 8.98. The summed E-state index contributed by atoms with van der Waals surface area (Å²) in [6.07, 6.45) is 0.925. The van der Waals surface area contributed by atoms with Gasteiger partial charge in [0, 0.05) is 0 Å². The van der Waals surface area contributed by atoms with Crippen molar-refractivity contribution >= 4 is 0 Å². The lowest BCUT2D eigenvalue weighted by Gasteiger charge is -2.08. The molecule has 1 aromatic heterocycles. The predicted octanol–water partition coefficient (Wildman–Crippen LogP) is 1.81. The Morgan fingerprint density at radius 3 is 2.90 bits per heavy atom. The first kappa shape index (κ1) is 13.6. The molecular weight excluding hydrogens is 254 g/mol. The Kier molecular flexibility index (Phi) is 4.31. The van der Waals surface area contributed by atoms with Crippen LogP contribution in [0.25, 0.3) is 0 Å². The smallest absolute Gasteiger partial charge is 0.189 e. The van der Waals surface area contributed by atoms with Gasteiger partial charge in [-0.1, -0.05) is 24.3 Å². The van der Waals surface area contributed by atoms with Gasteiger partial charge in [-0.25, -0.2) is 4.68 Å². The Morgan fingerprint density at radius 1 is 1.35 bits per heavy atom. The molecule has 1 aromatic carbocycles. The molecule has 0 saturated heterocycles. The molecule has 0 radical (unpaired) electrons. The van der Waals surface area contributed by atoms with Gasteiger partial charge in [-0.05, 0) is 24.1 Å². The van der Waals surface area contributed by atoms with E-state index in [2.05, 4.69) is 17.2 Å². The fraction of sp³-hybridized carbons (Fsp3) is 0.286. The van der Waals surface area contributed by atoms with Gasteiger partial charge >= 0.3 is 0 Å². The van der Waals surface area contributed by atoms with Crippen molar-refractivity contribution < 1.29 is 4.74 Å². The van der Waals surface area contributed by atoms with Crippen molar-refractivity contribution in [1.82, 2.24) is 15.0 Å². The minimum atomic E-state index is 0.0440. The molecule has 1 heterocycles. The number of nitriles is 2. The third-order valence-corrected chi connectivity index (χ3v) is 2.85. The molecule has 0 aliphatic carbocycles. The maximum Gasteiger partial charge on any atom is 0.189 e. The molecule has 0 spiro atoms. The third-order valence-electron chi connectivity index (χ3n) is 2.85. The molecule has 0 unspecified atom stereocenters. The second-order valence-electron chi connectivity index (χ2n) is 4.10. The summed E-state index contributed by atoms with van der Waals surface area (Å²) in [7, 11) is 0. The standard InChI is InChI=1S/C14H13N5O/c1-2-11-4-3-5-12(8-11)20-10-14-13(9-16)17-18-19(14)7-6-15/h3-5,8H,2,7,10H2,1H3. The zero-order valence-corrected chi connectivity index (χ0v) is 11.1. The van der Waals surface area contributed by atoms with Crippen molar-refractivity contribution in [3.63, 3.8) is 0 Å². The highest BCUT2D eigenvalue weighted by Crippen LogP contribution is 2.16. The third kappa shape index (κ3) is 2.93. The molecule has 2 aromatic rings. The molecule has 0 atom stereocenters. The van der Waals surface area contributed by atoms with Crippen LogP contribution >= 0.6 is 0 Å². The average molecular weight is 267 g/mol. The summed E-state index contributed by atoms with van der Waals surface area (Å²) >= 11 is 0. The number of hydrogen-bond donors (Lipinski definition) is 0. The van der Waals surface area contributed by atoms with Crippen molar-refractivity contribution in [2.24, 2.45) is 0 Å². The molecule has 0 bridgehead atoms. The zero-order chi connectivity index (χ0) is 14.4. The minimum absolute atomic E-state index is 0.0440. The van der Waals surface area contributed by atoms with Gasteiger partial charge in [0.1, 0.15) is 30.7 Å². The number of aromatic nitrogens is 3. The molecule has 0 aliphatic rings. The fourth-order valence-electron chi connectivity index (χ4n) is 1.76. The summed E-state index contributed by atoms with van der Waals surface area (Å²) in [5, 5.41) is 25.2. The van der Waals surface area contributed by atoms with Gasteiger partial charge in [0.25, 0.3) is 0 Å². The van der Waals surface area contributed by atoms with Crippen molar-refractivity contribution in [2.45, 2.75) is 26.5 Å². The summed E-state index contributed by atoms with van der Waals surface area (Å²) in [5.41, 5.74) is 1.87. The van der Waals surface area contributed by atoms with E-state index in [1.165, 1.54) is 10.2 Å². The molecule has 0 fully saturated rings. The van der Waals surface area contributed by atoms with Crippen molar-refractivity contribution in [2.75, 3.05) is 0 Å². The van der Waals surface area contributed by atoms with E-state index in [-0.39, 0.29) is 18.8 Å². The minimum Gasteiger partial charge on any atom is -0.487 e. The highest BCUT2D eigenvalue weighted by atomic mass is 16.5. The van der Waals surface area contributed by atoms with E-state index in [0.717, 1.165) is 12.2 Å². The molecule has 2 rings (SSSR count). The second kappa shape index (κ2) is 6.35. The van der Waals surface area contributed by atoms with Crippen molar-refractivity contribution in [3.8, 4) is 17.9 Å². The summed E-state index contributed by atoms with van der Waals surface area (Å²) in [6, 6.07) is 11.7. The lowest BCUT2D eigenvalue weighted by atomic mass is 10.2. The van der Waals surface area contributed by atoms with Gasteiger partial charge in [0.05, 0.1) is 6.07 Å². The fourth-order valence-corrected chi connectivity index (χ4v) is 1.76. The molecule has 100 valence electrons. The summed E-state index contributed by atoms with van der Waals surface area (Å²) in [4.78, 5) is 0. The van der Waals surface area contributed by atoms with Crippen LogP contribution in [0.4, 0.5) is 0 Å². The topological polar surface area (TPSA) is 87.5 Å². The lowest BCUT2D eigenvalue weighted by Crippen LogP contribution is -2.08. The molecule has 20 heavy (non-hydrogen) atoms. The van der Waals surface area contributed by atoms with Crippen LogP contribution in [0.2, 0.25) is 0 Å². The van der Waals surface area contributed by atoms with E-state index < -0.39 is 0 Å². The molecular formula is C14H13N5O. The normalized spacial score (nSPS) is 9.75. The summed E-state index contributed by atoms with van der Waals surface area (Å²) in [6.45, 7) is 2.27. The number of ether oxygens (including phenoxy) is 1. The van der Waals surface area contributed by atoms with Crippen LogP contribution < -0.4 is 4.74 Å². The van der Waals surface area contributed by atoms with Gasteiger partial charge < -0.3 is 4.74 Å². The molecule has 6 heteroatoms. The van der Waals surface area contributed by atoms with E-state index in [0.29, 0.717) is 5.69 Å². The average Bonchev–Trinajstić information content (AvgIpc) is 2.88. The van der Waals surface area contributed by atoms with Gasteiger partial charge in [0.15, 0.2) is 5.69 Å². The van der Waals surface area contributed by atoms with E-state index >= 15 is 0 Å². The van der Waals surface area contributed by atoms with E-state index in [9.17, 15) is 0 Å². The Bertz CT molecular complexity index is 678. The van der Waals surface area contributed by atoms with Crippen LogP contribution in [0.5, 0.6) is 5.75 Å². The van der Waals surface area contributed by atoms with Gasteiger partial charge in [-0.3, -0.25) is 0 Å². The lowest BCUT2D eigenvalue weighted by molar-refractivity contribution is 0.293. The van der Waals surface area contributed by atoms with Crippen molar-refractivity contribution in [1.29, 1.82) is 10.5 Å². The van der Waals surface area contributed by atoms with Crippen LogP contribution in [0.3, 0.4) is 0 Å². The highest BCUT2D eigenvalue weighted by Gasteiger charge is 2.13. The Balaban J connectivity index is 2.16. The van der Waals surface area contributed by atoms with E-state index in [4.69, 9.17) is 15.3 Å². The Hall–Kier alpha value is -2.86. The maximum atomic E-state index is 8.98. The second-order valence-corrected chi connectivity index (χ2v) is 4.10. The number of nitrogens with zero attached hydrogens (tertiary/aromatic N) is 5. The quantitative estimate of drug-likeness (QED) is 0.824. The van der Waals surface area contributed by atoms with Gasteiger partial charge in [-0.2, -0.15) is 10.5 Å². The molecule has 6 nitrogen and oxygen atoms in total. The van der Waals surface area contributed by atoms with Crippen molar-refractivity contribution in [3.05, 3.63) is 41.2 Å². The van der Waals surface area contributed by atoms with E-state index in [1.54, 1.807) is 0 Å². The predicted molar refractivity (Wildman–Crippen MR) is 70.5 cm³/mol. The molecule has 0 N–H and O–H groups in total. The first-order valence-corrected chi connectivity index (χ1v) is 6.19. The van der Waals surface area contributed by atoms with Gasteiger partial charge in [-0.15, -0.1) is 5.10 Å². The SMILES string of the molecule is CCc1cccc(OCc2c(C#N)nnn2CC#N)c1. The summed E-state index contributed by atoms with van der Waals surface area (Å²) < 4.78 is 7.04. The van der Waals surface area contributed by atoms with Crippen LogP contribution in [0, 0.1) is 22.7 Å². The number of hydrogen-bond acceptors (Lipinski definition) is 5. The van der Waals surface area contributed by atoms with Crippen LogP contribution in [-0.4, -0.2) is 15.0 Å². The summed E-state index contributed by atoms with van der Waals surface area (Å²) in [5.74, 6) is 0.720. The Labute approximate surface area is 116 Å². The first-order valence-electron chi connectivity index (χ1n) is 6.19. The molecule has 0 aliphatic heterocycles. The Morgan fingerprint density at radius 2 is 2.20 bits per heavy atom. The number of rotatable bonds is 5. The van der Waals surface area contributed by atoms with Crippen LogP contribution in [0.15, 0.2) is 24.3 Å². The van der Waals surface area contributed by atoms with E-state index in [1.807, 2.05) is 36.4 Å². The molecule has 0 saturated carbocycles. The van der Waals surface area contributed by atoms with Crippen LogP contribution in [0.1, 0.15) is 23.9 Å².